The third-order valence-corrected chi connectivity index (χ3v) is 3.02. The number of likely N-dealkylation sites (N-methyl/N-ethyl adjacent to an activating group) is 1. The maximum atomic E-state index is 12.3. The molecular formula is C15H23N3O2. The number of nitrogens with one attached hydrogen (secondary N) is 1. The van der Waals surface area contributed by atoms with Gasteiger partial charge in [-0.2, -0.15) is 0 Å². The van der Waals surface area contributed by atoms with Gasteiger partial charge in [0.25, 0.3) is 5.91 Å². The van der Waals surface area contributed by atoms with Crippen LogP contribution in [0.3, 0.4) is 0 Å². The summed E-state index contributed by atoms with van der Waals surface area (Å²) in [6.07, 6.45) is 0. The molecule has 0 aliphatic carbocycles. The molecule has 20 heavy (non-hydrogen) atoms. The van der Waals surface area contributed by atoms with Crippen LogP contribution in [0.5, 0.6) is 0 Å². The van der Waals surface area contributed by atoms with Gasteiger partial charge in [-0.25, -0.2) is 0 Å². The van der Waals surface area contributed by atoms with Crippen molar-refractivity contribution in [3.05, 3.63) is 28.8 Å². The summed E-state index contributed by atoms with van der Waals surface area (Å²) in [5.41, 5.74) is 8.76. The summed E-state index contributed by atoms with van der Waals surface area (Å²) in [6.45, 7) is 7.55. The Kier molecular flexibility index (Phi) is 5.13. The fourth-order valence-electron chi connectivity index (χ4n) is 1.96. The summed E-state index contributed by atoms with van der Waals surface area (Å²) in [7, 11) is 1.61. The number of hydrogen-bond acceptors (Lipinski definition) is 3. The minimum absolute atomic E-state index is 0.0320. The highest BCUT2D eigenvalue weighted by atomic mass is 16.2. The number of benzene rings is 1. The molecule has 0 aliphatic rings. The van der Waals surface area contributed by atoms with E-state index in [4.69, 9.17) is 5.73 Å². The van der Waals surface area contributed by atoms with E-state index in [-0.39, 0.29) is 24.4 Å². The zero-order valence-electron chi connectivity index (χ0n) is 12.8. The second-order valence-corrected chi connectivity index (χ2v) is 5.41. The second kappa shape index (κ2) is 6.41. The van der Waals surface area contributed by atoms with Gasteiger partial charge >= 0.3 is 0 Å². The number of carbonyl (C=O) groups is 2. The van der Waals surface area contributed by atoms with Crippen LogP contribution in [-0.4, -0.2) is 36.3 Å². The first-order valence-electron chi connectivity index (χ1n) is 6.64. The van der Waals surface area contributed by atoms with Crippen LogP contribution >= 0.6 is 0 Å². The number of aryl methyl sites for hydroxylation is 2. The van der Waals surface area contributed by atoms with Gasteiger partial charge in [0.2, 0.25) is 5.91 Å². The number of amides is 2. The van der Waals surface area contributed by atoms with E-state index >= 15 is 0 Å². The largest absolute Gasteiger partial charge is 0.398 e. The molecule has 5 nitrogen and oxygen atoms in total. The lowest BCUT2D eigenvalue weighted by Gasteiger charge is -2.19. The summed E-state index contributed by atoms with van der Waals surface area (Å²) < 4.78 is 0. The van der Waals surface area contributed by atoms with Crippen molar-refractivity contribution in [3.63, 3.8) is 0 Å². The molecule has 0 aromatic heterocycles. The minimum Gasteiger partial charge on any atom is -0.398 e. The molecule has 0 saturated carbocycles. The Balaban J connectivity index is 2.84. The van der Waals surface area contributed by atoms with Crippen molar-refractivity contribution in [1.29, 1.82) is 0 Å². The smallest absolute Gasteiger partial charge is 0.254 e. The van der Waals surface area contributed by atoms with E-state index in [0.29, 0.717) is 11.3 Å². The molecule has 0 fully saturated rings. The topological polar surface area (TPSA) is 75.4 Å². The second-order valence-electron chi connectivity index (χ2n) is 5.41. The van der Waals surface area contributed by atoms with Gasteiger partial charge in [0, 0.05) is 24.3 Å². The van der Waals surface area contributed by atoms with Crippen LogP contribution in [0.25, 0.3) is 0 Å². The van der Waals surface area contributed by atoms with Crippen LogP contribution in [-0.2, 0) is 4.79 Å². The number of nitrogens with two attached hydrogens (primary N) is 1. The maximum absolute atomic E-state index is 12.3. The molecule has 0 aliphatic heterocycles. The number of hydrogen-bond donors (Lipinski definition) is 2. The third kappa shape index (κ3) is 3.98. The highest BCUT2D eigenvalue weighted by Gasteiger charge is 2.18. The lowest BCUT2D eigenvalue weighted by molar-refractivity contribution is -0.122. The van der Waals surface area contributed by atoms with Crippen molar-refractivity contribution < 1.29 is 9.59 Å². The van der Waals surface area contributed by atoms with Gasteiger partial charge < -0.3 is 16.0 Å². The quantitative estimate of drug-likeness (QED) is 0.819. The van der Waals surface area contributed by atoms with E-state index in [1.54, 1.807) is 13.1 Å². The molecule has 0 atom stereocenters. The standard InChI is InChI=1S/C15H23N3O2/c1-9(2)17-14(19)8-18(5)15(20)12-7-13(16)11(4)6-10(12)3/h6-7,9H,8,16H2,1-5H3,(H,17,19). The third-order valence-electron chi connectivity index (χ3n) is 3.02. The number of nitrogen functional groups attached to an aromatic ring is 1. The van der Waals surface area contributed by atoms with Gasteiger partial charge in [0.15, 0.2) is 0 Å². The molecule has 0 saturated heterocycles. The molecule has 1 aromatic carbocycles. The van der Waals surface area contributed by atoms with E-state index < -0.39 is 0 Å². The zero-order valence-corrected chi connectivity index (χ0v) is 12.8. The lowest BCUT2D eigenvalue weighted by atomic mass is 10.0. The van der Waals surface area contributed by atoms with E-state index in [1.165, 1.54) is 4.90 Å². The van der Waals surface area contributed by atoms with Gasteiger partial charge in [-0.1, -0.05) is 6.07 Å². The Labute approximate surface area is 120 Å². The Morgan fingerprint density at radius 2 is 1.85 bits per heavy atom. The van der Waals surface area contributed by atoms with E-state index in [9.17, 15) is 9.59 Å². The molecule has 0 unspecified atom stereocenters. The van der Waals surface area contributed by atoms with Gasteiger partial charge in [0.05, 0.1) is 6.54 Å². The summed E-state index contributed by atoms with van der Waals surface area (Å²) in [5, 5.41) is 2.76. The average Bonchev–Trinajstić information content (AvgIpc) is 2.31. The molecule has 110 valence electrons. The summed E-state index contributed by atoms with van der Waals surface area (Å²) >= 11 is 0. The maximum Gasteiger partial charge on any atom is 0.254 e. The predicted octanol–water partition coefficient (Wildman–Crippen LogP) is 1.48. The molecule has 0 radical (unpaired) electrons. The summed E-state index contributed by atoms with van der Waals surface area (Å²) in [5.74, 6) is -0.373. The highest BCUT2D eigenvalue weighted by Crippen LogP contribution is 2.19. The monoisotopic (exact) mass is 277 g/mol. The van der Waals surface area contributed by atoms with Crippen molar-refractivity contribution in [2.45, 2.75) is 33.7 Å². The molecular weight excluding hydrogens is 254 g/mol. The van der Waals surface area contributed by atoms with Crippen molar-refractivity contribution >= 4 is 17.5 Å². The minimum atomic E-state index is -0.201. The Morgan fingerprint density at radius 3 is 2.40 bits per heavy atom. The van der Waals surface area contributed by atoms with Crippen molar-refractivity contribution in [2.75, 3.05) is 19.3 Å². The van der Waals surface area contributed by atoms with Gasteiger partial charge in [-0.05, 0) is 44.9 Å². The van der Waals surface area contributed by atoms with Crippen LogP contribution in [0.15, 0.2) is 12.1 Å². The van der Waals surface area contributed by atoms with Gasteiger partial charge in [-0.15, -0.1) is 0 Å². The molecule has 5 heteroatoms. The molecule has 0 spiro atoms. The lowest BCUT2D eigenvalue weighted by Crippen LogP contribution is -2.41. The molecule has 0 heterocycles. The van der Waals surface area contributed by atoms with Crippen LogP contribution in [0, 0.1) is 13.8 Å². The highest BCUT2D eigenvalue weighted by molar-refractivity contribution is 5.98. The van der Waals surface area contributed by atoms with Crippen LogP contribution in [0.2, 0.25) is 0 Å². The first kappa shape index (κ1) is 16.0. The Hall–Kier alpha value is -2.04. The number of nitrogens with zero attached hydrogens (tertiary/aromatic N) is 1. The number of anilines is 1. The molecule has 0 bridgehead atoms. The molecule has 3 N–H and O–H groups in total. The van der Waals surface area contributed by atoms with E-state index in [0.717, 1.165) is 11.1 Å². The molecule has 1 rings (SSSR count). The van der Waals surface area contributed by atoms with Gasteiger partial charge in [-0.3, -0.25) is 9.59 Å². The van der Waals surface area contributed by atoms with Crippen LogP contribution in [0.4, 0.5) is 5.69 Å². The van der Waals surface area contributed by atoms with Gasteiger partial charge in [0.1, 0.15) is 0 Å². The number of carbonyl (C=O) groups excluding carboxylic acids is 2. The Morgan fingerprint density at radius 1 is 1.25 bits per heavy atom. The van der Waals surface area contributed by atoms with Crippen LogP contribution in [0.1, 0.15) is 35.3 Å². The normalized spacial score (nSPS) is 10.5. The molecule has 2 amide bonds. The van der Waals surface area contributed by atoms with Crippen molar-refractivity contribution in [2.24, 2.45) is 0 Å². The average molecular weight is 277 g/mol. The summed E-state index contributed by atoms with van der Waals surface area (Å²) in [6, 6.07) is 3.61. The fraction of sp³-hybridized carbons (Fsp3) is 0.467. The predicted molar refractivity (Wildman–Crippen MR) is 80.6 cm³/mol. The number of rotatable bonds is 4. The van der Waals surface area contributed by atoms with Crippen LogP contribution < -0.4 is 11.1 Å². The van der Waals surface area contributed by atoms with E-state index in [2.05, 4.69) is 5.32 Å². The summed E-state index contributed by atoms with van der Waals surface area (Å²) in [4.78, 5) is 25.4. The van der Waals surface area contributed by atoms with Crippen molar-refractivity contribution in [3.8, 4) is 0 Å². The Bertz CT molecular complexity index is 524. The first-order valence-corrected chi connectivity index (χ1v) is 6.64. The first-order chi connectivity index (χ1) is 9.22. The van der Waals surface area contributed by atoms with E-state index in [1.807, 2.05) is 33.8 Å². The fourth-order valence-corrected chi connectivity index (χ4v) is 1.96. The SMILES string of the molecule is Cc1cc(C)c(C(=O)N(C)CC(=O)NC(C)C)cc1N. The zero-order chi connectivity index (χ0) is 15.4. The van der Waals surface area contributed by atoms with Crippen molar-refractivity contribution in [1.82, 2.24) is 10.2 Å². The molecule has 1 aromatic rings.